The van der Waals surface area contributed by atoms with Crippen LogP contribution in [-0.2, 0) is 4.79 Å². The van der Waals surface area contributed by atoms with Crippen molar-refractivity contribution in [3.05, 3.63) is 112 Å². The van der Waals surface area contributed by atoms with Gasteiger partial charge >= 0.3 is 0 Å². The second-order valence-corrected chi connectivity index (χ2v) is 9.37. The highest BCUT2D eigenvalue weighted by molar-refractivity contribution is 7.17. The van der Waals surface area contributed by atoms with E-state index in [0.717, 1.165) is 5.56 Å². The van der Waals surface area contributed by atoms with Gasteiger partial charge in [0.25, 0.3) is 5.91 Å². The molecule has 37 heavy (non-hydrogen) atoms. The summed E-state index contributed by atoms with van der Waals surface area (Å²) in [4.78, 5) is 33.8. The summed E-state index contributed by atoms with van der Waals surface area (Å²) in [7, 11) is 1.51. The third-order valence-corrected chi connectivity index (χ3v) is 7.39. The van der Waals surface area contributed by atoms with Gasteiger partial charge in [0.2, 0.25) is 5.78 Å². The highest BCUT2D eigenvalue weighted by Gasteiger charge is 2.46. The maximum absolute atomic E-state index is 14.0. The number of amides is 1. The number of hydrogen-bond donors (Lipinski definition) is 1. The summed E-state index contributed by atoms with van der Waals surface area (Å²) >= 11 is 1.22. The summed E-state index contributed by atoms with van der Waals surface area (Å²) in [6.45, 7) is 1.74. The van der Waals surface area contributed by atoms with E-state index in [-0.39, 0.29) is 5.57 Å². The lowest BCUT2D eigenvalue weighted by atomic mass is 9.94. The predicted octanol–water partition coefficient (Wildman–Crippen LogP) is 5.78. The van der Waals surface area contributed by atoms with E-state index in [1.54, 1.807) is 55.5 Å². The molecule has 5 rings (SSSR count). The molecule has 1 N–H and O–H groups in total. The summed E-state index contributed by atoms with van der Waals surface area (Å²) in [5.74, 6) is -1.35. The van der Waals surface area contributed by atoms with Gasteiger partial charge in [-0.2, -0.15) is 5.26 Å². The van der Waals surface area contributed by atoms with Crippen LogP contribution < -0.4 is 9.64 Å². The van der Waals surface area contributed by atoms with Crippen molar-refractivity contribution in [2.45, 2.75) is 13.0 Å². The number of ketones is 1. The normalized spacial score (nSPS) is 15.1. The Balaban J connectivity index is 1.66. The Morgan fingerprint density at radius 3 is 2.41 bits per heavy atom. The van der Waals surface area contributed by atoms with Crippen LogP contribution in [0.5, 0.6) is 5.75 Å². The van der Waals surface area contributed by atoms with E-state index >= 15 is 0 Å². The number of aryl methyl sites for hydroxylation is 1. The molecule has 0 bridgehead atoms. The van der Waals surface area contributed by atoms with Crippen LogP contribution in [0.1, 0.15) is 32.5 Å². The molecule has 0 radical (unpaired) electrons. The molecule has 1 amide bonds. The van der Waals surface area contributed by atoms with Crippen LogP contribution in [0.2, 0.25) is 0 Å². The number of carbonyl (C=O) groups is 2. The number of aliphatic hydroxyl groups is 1. The summed E-state index contributed by atoms with van der Waals surface area (Å²) in [5, 5.41) is 21.0. The SMILES string of the molecule is COc1ccccc1C1C(C(=O)c2sc(-c3ccccc3)nc2C)=C(O)C(=O)N1c1ccc(C#N)cc1. The fourth-order valence-corrected chi connectivity index (χ4v) is 5.45. The van der Waals surface area contributed by atoms with Gasteiger partial charge in [-0.25, -0.2) is 4.98 Å². The Morgan fingerprint density at radius 1 is 1.05 bits per heavy atom. The van der Waals surface area contributed by atoms with E-state index in [9.17, 15) is 20.0 Å². The van der Waals surface area contributed by atoms with E-state index in [2.05, 4.69) is 11.1 Å². The molecule has 1 atom stereocenters. The van der Waals surface area contributed by atoms with Crippen LogP contribution >= 0.6 is 11.3 Å². The number of hydrogen-bond acceptors (Lipinski definition) is 7. The van der Waals surface area contributed by atoms with Crippen molar-refractivity contribution in [2.24, 2.45) is 0 Å². The molecule has 1 unspecified atom stereocenters. The Labute approximate surface area is 217 Å². The molecule has 0 spiro atoms. The molecule has 182 valence electrons. The van der Waals surface area contributed by atoms with Gasteiger partial charge in [0.05, 0.1) is 40.9 Å². The zero-order valence-electron chi connectivity index (χ0n) is 20.0. The number of benzene rings is 3. The highest BCUT2D eigenvalue weighted by atomic mass is 32.1. The van der Waals surface area contributed by atoms with Gasteiger partial charge < -0.3 is 9.84 Å². The Hall–Kier alpha value is -4.74. The number of thiazole rings is 1. The number of carbonyl (C=O) groups excluding carboxylic acids is 2. The molecular weight excluding hydrogens is 486 g/mol. The van der Waals surface area contributed by atoms with Gasteiger partial charge in [-0.1, -0.05) is 48.5 Å². The molecule has 0 fully saturated rings. The zero-order valence-corrected chi connectivity index (χ0v) is 20.8. The van der Waals surface area contributed by atoms with Crippen molar-refractivity contribution in [2.75, 3.05) is 12.0 Å². The smallest absolute Gasteiger partial charge is 0.294 e. The minimum atomic E-state index is -0.953. The third-order valence-electron chi connectivity index (χ3n) is 6.18. The predicted molar refractivity (Wildman–Crippen MR) is 141 cm³/mol. The lowest BCUT2D eigenvalue weighted by molar-refractivity contribution is -0.117. The van der Waals surface area contributed by atoms with Crippen LogP contribution in [0.15, 0.2) is 90.2 Å². The number of anilines is 1. The van der Waals surface area contributed by atoms with Gasteiger partial charge in [0.15, 0.2) is 5.76 Å². The van der Waals surface area contributed by atoms with E-state index in [4.69, 9.17) is 4.74 Å². The monoisotopic (exact) mass is 507 g/mol. The van der Waals surface area contributed by atoms with Gasteiger partial charge in [-0.15, -0.1) is 11.3 Å². The van der Waals surface area contributed by atoms with Gasteiger partial charge in [-0.05, 0) is 37.3 Å². The Kier molecular flexibility index (Phi) is 6.30. The maximum Gasteiger partial charge on any atom is 0.294 e. The summed E-state index contributed by atoms with van der Waals surface area (Å²) in [6.07, 6.45) is 0. The number of nitriles is 1. The number of methoxy groups -OCH3 is 1. The van der Waals surface area contributed by atoms with Crippen LogP contribution in [0.3, 0.4) is 0 Å². The van der Waals surface area contributed by atoms with Crippen molar-refractivity contribution < 1.29 is 19.4 Å². The fraction of sp³-hybridized carbons (Fsp3) is 0.103. The molecule has 7 nitrogen and oxygen atoms in total. The Bertz CT molecular complexity index is 1580. The molecule has 1 aromatic heterocycles. The first-order valence-corrected chi connectivity index (χ1v) is 12.2. The van der Waals surface area contributed by atoms with Crippen molar-refractivity contribution in [3.8, 4) is 22.4 Å². The zero-order chi connectivity index (χ0) is 26.1. The molecule has 0 aliphatic carbocycles. The minimum absolute atomic E-state index is 0.0507. The van der Waals surface area contributed by atoms with Gasteiger partial charge in [0, 0.05) is 16.8 Å². The molecule has 8 heteroatoms. The number of rotatable bonds is 6. The van der Waals surface area contributed by atoms with E-state index in [0.29, 0.717) is 38.1 Å². The number of aromatic nitrogens is 1. The van der Waals surface area contributed by atoms with Crippen LogP contribution in [0, 0.1) is 18.3 Å². The molecule has 1 aliphatic rings. The fourth-order valence-electron chi connectivity index (χ4n) is 4.42. The first-order chi connectivity index (χ1) is 17.9. The number of para-hydroxylation sites is 1. The third kappa shape index (κ3) is 4.15. The molecular formula is C29H21N3O4S. The number of ether oxygens (including phenoxy) is 1. The lowest BCUT2D eigenvalue weighted by Crippen LogP contribution is -2.31. The average Bonchev–Trinajstić information content (AvgIpc) is 3.45. The topological polar surface area (TPSA) is 104 Å². The average molecular weight is 508 g/mol. The quantitative estimate of drug-likeness (QED) is 0.332. The first kappa shape index (κ1) is 24.0. The molecule has 4 aromatic rings. The molecule has 3 aromatic carbocycles. The second kappa shape index (κ2) is 9.72. The van der Waals surface area contributed by atoms with Crippen LogP contribution in [0.25, 0.3) is 10.6 Å². The second-order valence-electron chi connectivity index (χ2n) is 8.37. The molecule has 0 saturated carbocycles. The van der Waals surface area contributed by atoms with Crippen LogP contribution in [0.4, 0.5) is 5.69 Å². The van der Waals surface area contributed by atoms with Crippen molar-refractivity contribution in [1.29, 1.82) is 5.26 Å². The standard InChI is InChI=1S/C29H21N3O4S/c1-17-27(37-28(31-17)19-8-4-3-5-9-19)25(33)23-24(21-10-6-7-11-22(21)36-2)32(29(35)26(23)34)20-14-12-18(16-30)13-15-20/h3-15,24,34H,1-2H3. The Morgan fingerprint density at radius 2 is 1.73 bits per heavy atom. The summed E-state index contributed by atoms with van der Waals surface area (Å²) in [6, 6.07) is 24.1. The van der Waals surface area contributed by atoms with Crippen molar-refractivity contribution in [3.63, 3.8) is 0 Å². The highest BCUT2D eigenvalue weighted by Crippen LogP contribution is 2.45. The lowest BCUT2D eigenvalue weighted by Gasteiger charge is -2.28. The van der Waals surface area contributed by atoms with E-state index in [1.807, 2.05) is 30.3 Å². The molecule has 1 aliphatic heterocycles. The summed E-state index contributed by atoms with van der Waals surface area (Å²) < 4.78 is 5.56. The van der Waals surface area contributed by atoms with Gasteiger partial charge in [-0.3, -0.25) is 14.5 Å². The minimum Gasteiger partial charge on any atom is -0.503 e. The largest absolute Gasteiger partial charge is 0.503 e. The number of nitrogens with zero attached hydrogens (tertiary/aromatic N) is 3. The van der Waals surface area contributed by atoms with Crippen molar-refractivity contribution in [1.82, 2.24) is 4.98 Å². The number of aliphatic hydroxyl groups excluding tert-OH is 1. The van der Waals surface area contributed by atoms with E-state index in [1.165, 1.54) is 23.3 Å². The molecule has 2 heterocycles. The first-order valence-electron chi connectivity index (χ1n) is 11.4. The maximum atomic E-state index is 14.0. The number of Topliss-reactive ketones (excluding diaryl/α,β-unsaturated/α-hetero) is 1. The molecule has 0 saturated heterocycles. The van der Waals surface area contributed by atoms with Crippen molar-refractivity contribution >= 4 is 28.7 Å². The van der Waals surface area contributed by atoms with E-state index < -0.39 is 23.5 Å². The van der Waals surface area contributed by atoms with Crippen LogP contribution in [-0.4, -0.2) is 28.9 Å². The summed E-state index contributed by atoms with van der Waals surface area (Å²) in [5.41, 5.74) is 2.73. The van der Waals surface area contributed by atoms with Gasteiger partial charge in [0.1, 0.15) is 10.8 Å².